The summed E-state index contributed by atoms with van der Waals surface area (Å²) in [6.07, 6.45) is 0. The van der Waals surface area contributed by atoms with E-state index in [1.54, 1.807) is 4.90 Å². The maximum absolute atomic E-state index is 12.8. The van der Waals surface area contributed by atoms with Crippen molar-refractivity contribution in [3.8, 4) is 0 Å². The van der Waals surface area contributed by atoms with Crippen molar-refractivity contribution in [2.24, 2.45) is 0 Å². The zero-order valence-corrected chi connectivity index (χ0v) is 16.5. The second-order valence-electron chi connectivity index (χ2n) is 7.08. The van der Waals surface area contributed by atoms with E-state index in [2.05, 4.69) is 23.2 Å². The van der Waals surface area contributed by atoms with E-state index in [4.69, 9.17) is 11.6 Å². The zero-order valence-electron chi connectivity index (χ0n) is 15.7. The predicted octanol–water partition coefficient (Wildman–Crippen LogP) is 2.93. The quantitative estimate of drug-likeness (QED) is 0.865. The summed E-state index contributed by atoms with van der Waals surface area (Å²) in [6, 6.07) is 11.6. The van der Waals surface area contributed by atoms with Crippen LogP contribution in [-0.4, -0.2) is 38.6 Å². The fourth-order valence-electron chi connectivity index (χ4n) is 3.60. The third-order valence-corrected chi connectivity index (χ3v) is 5.24. The third-order valence-electron chi connectivity index (χ3n) is 5.00. The highest BCUT2D eigenvalue weighted by Crippen LogP contribution is 2.30. The number of hydrogen-bond acceptors (Lipinski definition) is 2. The average molecular weight is 373 g/mol. The maximum Gasteiger partial charge on any atom is 0.255 e. The number of nitrogens with zero attached hydrogens (tertiary/aromatic N) is 1. The summed E-state index contributed by atoms with van der Waals surface area (Å²) in [5.74, 6) is -0.0989. The Kier molecular flexibility index (Phi) is 5.84. The first kappa shape index (κ1) is 18.7. The van der Waals surface area contributed by atoms with Crippen LogP contribution in [0.4, 0.5) is 11.4 Å². The smallest absolute Gasteiger partial charge is 0.255 e. The molecule has 0 spiro atoms. The minimum absolute atomic E-state index is 0.0989. The summed E-state index contributed by atoms with van der Waals surface area (Å²) in [7, 11) is 0. The number of piperazine rings is 1. The Balaban J connectivity index is 1.83. The SMILES string of the molecule is CC[NH+]1CCN(c2ccc(Cl)cc2NC(=O)c2cc(C)cc(C)c2)CC1. The molecule has 1 saturated heterocycles. The second kappa shape index (κ2) is 8.11. The Hall–Kier alpha value is -2.04. The second-order valence-corrected chi connectivity index (χ2v) is 7.52. The lowest BCUT2D eigenvalue weighted by molar-refractivity contribution is -0.898. The van der Waals surface area contributed by atoms with Crippen molar-refractivity contribution in [3.05, 3.63) is 58.1 Å². The first-order valence-corrected chi connectivity index (χ1v) is 9.61. The van der Waals surface area contributed by atoms with Crippen molar-refractivity contribution in [2.75, 3.05) is 42.9 Å². The van der Waals surface area contributed by atoms with Gasteiger partial charge in [-0.15, -0.1) is 0 Å². The number of quaternary nitrogens is 1. The van der Waals surface area contributed by atoms with Crippen LogP contribution >= 0.6 is 11.6 Å². The molecule has 2 aromatic carbocycles. The maximum atomic E-state index is 12.8. The number of aryl methyl sites for hydroxylation is 2. The van der Waals surface area contributed by atoms with Crippen LogP contribution in [0.2, 0.25) is 5.02 Å². The highest BCUT2D eigenvalue weighted by molar-refractivity contribution is 6.31. The molecule has 26 heavy (non-hydrogen) atoms. The van der Waals surface area contributed by atoms with E-state index in [1.807, 2.05) is 44.2 Å². The molecule has 1 aliphatic rings. The van der Waals surface area contributed by atoms with E-state index in [0.717, 1.165) is 55.2 Å². The van der Waals surface area contributed by atoms with Crippen LogP contribution in [0.15, 0.2) is 36.4 Å². The van der Waals surface area contributed by atoms with Gasteiger partial charge in [-0.25, -0.2) is 0 Å². The highest BCUT2D eigenvalue weighted by Gasteiger charge is 2.21. The molecule has 2 aromatic rings. The van der Waals surface area contributed by atoms with E-state index in [0.29, 0.717) is 10.6 Å². The largest absolute Gasteiger partial charge is 0.359 e. The Morgan fingerprint density at radius 1 is 1.12 bits per heavy atom. The van der Waals surface area contributed by atoms with Gasteiger partial charge in [0, 0.05) is 10.6 Å². The van der Waals surface area contributed by atoms with Crippen LogP contribution in [0.5, 0.6) is 0 Å². The van der Waals surface area contributed by atoms with Gasteiger partial charge in [0.15, 0.2) is 0 Å². The van der Waals surface area contributed by atoms with Crippen LogP contribution in [-0.2, 0) is 0 Å². The summed E-state index contributed by atoms with van der Waals surface area (Å²) < 4.78 is 0. The molecule has 0 aromatic heterocycles. The van der Waals surface area contributed by atoms with Crippen molar-refractivity contribution in [1.29, 1.82) is 0 Å². The molecule has 0 bridgehead atoms. The number of anilines is 2. The molecule has 1 aliphatic heterocycles. The van der Waals surface area contributed by atoms with Gasteiger partial charge in [0.05, 0.1) is 44.1 Å². The van der Waals surface area contributed by atoms with Gasteiger partial charge in [-0.3, -0.25) is 4.79 Å². The lowest BCUT2D eigenvalue weighted by Crippen LogP contribution is -3.14. The summed E-state index contributed by atoms with van der Waals surface area (Å²) in [5.41, 5.74) is 4.66. The number of rotatable bonds is 4. The minimum Gasteiger partial charge on any atom is -0.359 e. The van der Waals surface area contributed by atoms with Crippen molar-refractivity contribution in [3.63, 3.8) is 0 Å². The molecule has 1 amide bonds. The number of halogens is 1. The van der Waals surface area contributed by atoms with Crippen LogP contribution in [0, 0.1) is 13.8 Å². The third kappa shape index (κ3) is 4.37. The van der Waals surface area contributed by atoms with Gasteiger partial charge < -0.3 is 15.1 Å². The molecule has 0 saturated carbocycles. The number of likely N-dealkylation sites (N-methyl/N-ethyl adjacent to an activating group) is 1. The molecular weight excluding hydrogens is 346 g/mol. The van der Waals surface area contributed by atoms with Gasteiger partial charge in [0.2, 0.25) is 0 Å². The molecule has 0 atom stereocenters. The number of hydrogen-bond donors (Lipinski definition) is 2. The monoisotopic (exact) mass is 372 g/mol. The molecule has 5 heteroatoms. The van der Waals surface area contributed by atoms with E-state index in [-0.39, 0.29) is 5.91 Å². The van der Waals surface area contributed by atoms with Crippen molar-refractivity contribution >= 4 is 28.9 Å². The van der Waals surface area contributed by atoms with Gasteiger partial charge >= 0.3 is 0 Å². The van der Waals surface area contributed by atoms with Crippen molar-refractivity contribution in [1.82, 2.24) is 0 Å². The summed E-state index contributed by atoms with van der Waals surface area (Å²) in [4.78, 5) is 16.7. The van der Waals surface area contributed by atoms with E-state index in [9.17, 15) is 4.79 Å². The Labute approximate surface area is 160 Å². The number of carbonyl (C=O) groups is 1. The highest BCUT2D eigenvalue weighted by atomic mass is 35.5. The number of amides is 1. The van der Waals surface area contributed by atoms with E-state index < -0.39 is 0 Å². The van der Waals surface area contributed by atoms with Gasteiger partial charge in [0.1, 0.15) is 0 Å². The van der Waals surface area contributed by atoms with Crippen LogP contribution < -0.4 is 15.1 Å². The fraction of sp³-hybridized carbons (Fsp3) is 0.381. The molecule has 4 nitrogen and oxygen atoms in total. The topological polar surface area (TPSA) is 36.8 Å². The molecular formula is C21H27ClN3O+. The summed E-state index contributed by atoms with van der Waals surface area (Å²) in [5, 5.41) is 3.70. The van der Waals surface area contributed by atoms with Crippen molar-refractivity contribution in [2.45, 2.75) is 20.8 Å². The first-order valence-electron chi connectivity index (χ1n) is 9.24. The summed E-state index contributed by atoms with van der Waals surface area (Å²) >= 11 is 6.21. The molecule has 138 valence electrons. The fourth-order valence-corrected chi connectivity index (χ4v) is 3.77. The number of benzene rings is 2. The molecule has 0 aliphatic carbocycles. The van der Waals surface area contributed by atoms with Gasteiger partial charge in [0.25, 0.3) is 5.91 Å². The standard InChI is InChI=1S/C21H26ClN3O/c1-4-24-7-9-25(10-8-24)20-6-5-18(22)14-19(20)23-21(26)17-12-15(2)11-16(3)13-17/h5-6,11-14H,4,7-10H2,1-3H3,(H,23,26)/p+1. The first-order chi connectivity index (χ1) is 12.5. The Bertz CT molecular complexity index is 778. The molecule has 2 N–H and O–H groups in total. The van der Waals surface area contributed by atoms with Crippen LogP contribution in [0.1, 0.15) is 28.4 Å². The van der Waals surface area contributed by atoms with E-state index in [1.165, 1.54) is 0 Å². The number of nitrogens with one attached hydrogen (secondary N) is 2. The van der Waals surface area contributed by atoms with Crippen LogP contribution in [0.3, 0.4) is 0 Å². The molecule has 1 heterocycles. The van der Waals surface area contributed by atoms with Crippen LogP contribution in [0.25, 0.3) is 0 Å². The lowest BCUT2D eigenvalue weighted by Gasteiger charge is -2.34. The normalized spacial score (nSPS) is 15.2. The average Bonchev–Trinajstić information content (AvgIpc) is 2.61. The summed E-state index contributed by atoms with van der Waals surface area (Å²) in [6.45, 7) is 11.6. The van der Waals surface area contributed by atoms with Gasteiger partial charge in [-0.2, -0.15) is 0 Å². The molecule has 3 rings (SSSR count). The predicted molar refractivity (Wildman–Crippen MR) is 109 cm³/mol. The van der Waals surface area contributed by atoms with Gasteiger partial charge in [-0.05, 0) is 51.1 Å². The molecule has 0 unspecified atom stereocenters. The molecule has 1 fully saturated rings. The Morgan fingerprint density at radius 3 is 2.38 bits per heavy atom. The van der Waals surface area contributed by atoms with E-state index >= 15 is 0 Å². The Morgan fingerprint density at radius 2 is 1.77 bits per heavy atom. The van der Waals surface area contributed by atoms with Gasteiger partial charge in [-0.1, -0.05) is 28.8 Å². The van der Waals surface area contributed by atoms with Crippen molar-refractivity contribution < 1.29 is 9.69 Å². The zero-order chi connectivity index (χ0) is 18.7. The number of carbonyl (C=O) groups excluding carboxylic acids is 1. The lowest BCUT2D eigenvalue weighted by atomic mass is 10.1. The minimum atomic E-state index is -0.0989. The molecule has 0 radical (unpaired) electrons.